The Labute approximate surface area is 86.5 Å². The Morgan fingerprint density at radius 1 is 1.53 bits per heavy atom. The van der Waals surface area contributed by atoms with Crippen molar-refractivity contribution in [2.75, 3.05) is 5.73 Å². The molecule has 15 heavy (non-hydrogen) atoms. The maximum absolute atomic E-state index is 11.6. The number of nitrogens with zero attached hydrogens (tertiary/aromatic N) is 2. The Kier molecular flexibility index (Phi) is 2.07. The van der Waals surface area contributed by atoms with Gasteiger partial charge in [-0.3, -0.25) is 9.48 Å². The third-order valence-electron chi connectivity index (χ3n) is 2.42. The first-order valence-corrected chi connectivity index (χ1v) is 4.58. The molecular weight excluding hydrogens is 192 g/mol. The van der Waals surface area contributed by atoms with Crippen molar-refractivity contribution in [1.82, 2.24) is 14.8 Å². The van der Waals surface area contributed by atoms with Gasteiger partial charge in [0.2, 0.25) is 0 Å². The van der Waals surface area contributed by atoms with Crippen LogP contribution in [0.25, 0.3) is 11.3 Å². The molecule has 0 bridgehead atoms. The molecule has 0 amide bonds. The number of nitrogens with one attached hydrogen (secondary N) is 1. The molecule has 5 heteroatoms. The van der Waals surface area contributed by atoms with E-state index in [4.69, 9.17) is 5.73 Å². The topological polar surface area (TPSA) is 76.7 Å². The van der Waals surface area contributed by atoms with E-state index in [-0.39, 0.29) is 5.43 Å². The fourth-order valence-electron chi connectivity index (χ4n) is 1.50. The zero-order valence-electron chi connectivity index (χ0n) is 8.61. The Morgan fingerprint density at radius 3 is 2.80 bits per heavy atom. The van der Waals surface area contributed by atoms with Crippen molar-refractivity contribution in [1.29, 1.82) is 0 Å². The average Bonchev–Trinajstić information content (AvgIpc) is 2.47. The molecule has 0 saturated heterocycles. The number of aromatic nitrogens is 3. The molecule has 78 valence electrons. The van der Waals surface area contributed by atoms with Crippen molar-refractivity contribution in [3.8, 4) is 11.3 Å². The molecule has 0 aliphatic rings. The molecule has 0 radical (unpaired) electrons. The summed E-state index contributed by atoms with van der Waals surface area (Å²) >= 11 is 0. The standard InChI is InChI=1S/C10H12N4O/c1-6-9(13-14(2)10(6)11)7-5-12-4-3-8(7)15/h3-5H,11H2,1-2H3,(H,12,15). The summed E-state index contributed by atoms with van der Waals surface area (Å²) in [7, 11) is 1.75. The quantitative estimate of drug-likeness (QED) is 0.716. The summed E-state index contributed by atoms with van der Waals surface area (Å²) in [5, 5.41) is 4.21. The number of nitrogens with two attached hydrogens (primary N) is 1. The second kappa shape index (κ2) is 3.27. The van der Waals surface area contributed by atoms with E-state index in [9.17, 15) is 4.79 Å². The van der Waals surface area contributed by atoms with E-state index < -0.39 is 0 Å². The van der Waals surface area contributed by atoms with E-state index in [2.05, 4.69) is 10.1 Å². The third kappa shape index (κ3) is 1.41. The molecule has 0 aliphatic carbocycles. The van der Waals surface area contributed by atoms with Gasteiger partial charge in [-0.2, -0.15) is 5.10 Å². The fraction of sp³-hybridized carbons (Fsp3) is 0.200. The van der Waals surface area contributed by atoms with Crippen LogP contribution >= 0.6 is 0 Å². The van der Waals surface area contributed by atoms with Crippen LogP contribution in [0, 0.1) is 6.92 Å². The van der Waals surface area contributed by atoms with Gasteiger partial charge >= 0.3 is 0 Å². The molecule has 0 aromatic carbocycles. The van der Waals surface area contributed by atoms with Gasteiger partial charge in [0.15, 0.2) is 5.43 Å². The van der Waals surface area contributed by atoms with Gasteiger partial charge in [-0.25, -0.2) is 0 Å². The maximum atomic E-state index is 11.6. The first kappa shape index (κ1) is 9.51. The van der Waals surface area contributed by atoms with Crippen LogP contribution in [0.15, 0.2) is 23.3 Å². The van der Waals surface area contributed by atoms with E-state index in [1.165, 1.54) is 6.07 Å². The molecule has 2 heterocycles. The van der Waals surface area contributed by atoms with Crippen LogP contribution in [-0.4, -0.2) is 14.8 Å². The largest absolute Gasteiger partial charge is 0.384 e. The van der Waals surface area contributed by atoms with Gasteiger partial charge in [0.25, 0.3) is 0 Å². The van der Waals surface area contributed by atoms with Gasteiger partial charge in [-0.15, -0.1) is 0 Å². The Hall–Kier alpha value is -2.04. The molecule has 0 fully saturated rings. The second-order valence-corrected chi connectivity index (χ2v) is 3.40. The summed E-state index contributed by atoms with van der Waals surface area (Å²) in [6.45, 7) is 1.85. The number of aryl methyl sites for hydroxylation is 1. The summed E-state index contributed by atoms with van der Waals surface area (Å²) in [5.74, 6) is 0.577. The van der Waals surface area contributed by atoms with Crippen molar-refractivity contribution in [2.24, 2.45) is 7.05 Å². The maximum Gasteiger partial charge on any atom is 0.191 e. The van der Waals surface area contributed by atoms with Crippen LogP contribution in [0.2, 0.25) is 0 Å². The Balaban J connectivity index is 2.70. The van der Waals surface area contributed by atoms with Crippen LogP contribution in [0.4, 0.5) is 5.82 Å². The minimum atomic E-state index is -0.0602. The van der Waals surface area contributed by atoms with Gasteiger partial charge in [-0.05, 0) is 6.92 Å². The lowest BCUT2D eigenvalue weighted by molar-refractivity contribution is 0.781. The predicted molar refractivity (Wildman–Crippen MR) is 58.4 cm³/mol. The number of H-pyrrole nitrogens is 1. The SMILES string of the molecule is Cc1c(-c2c[nH]ccc2=O)nn(C)c1N. The first-order valence-electron chi connectivity index (χ1n) is 4.58. The van der Waals surface area contributed by atoms with Gasteiger partial charge < -0.3 is 10.7 Å². The predicted octanol–water partition coefficient (Wildman–Crippen LogP) is 0.666. The highest BCUT2D eigenvalue weighted by molar-refractivity contribution is 5.66. The van der Waals surface area contributed by atoms with Crippen LogP contribution in [0.3, 0.4) is 0 Å². The molecule has 3 N–H and O–H groups in total. The van der Waals surface area contributed by atoms with Gasteiger partial charge in [-0.1, -0.05) is 0 Å². The molecule has 2 aromatic heterocycles. The Morgan fingerprint density at radius 2 is 2.27 bits per heavy atom. The third-order valence-corrected chi connectivity index (χ3v) is 2.42. The fourth-order valence-corrected chi connectivity index (χ4v) is 1.50. The summed E-state index contributed by atoms with van der Waals surface area (Å²) in [5.41, 5.74) is 7.73. The van der Waals surface area contributed by atoms with E-state index >= 15 is 0 Å². The van der Waals surface area contributed by atoms with Crippen molar-refractivity contribution in [3.63, 3.8) is 0 Å². The van der Waals surface area contributed by atoms with E-state index in [0.717, 1.165) is 5.56 Å². The lowest BCUT2D eigenvalue weighted by Gasteiger charge is -1.95. The highest BCUT2D eigenvalue weighted by Crippen LogP contribution is 2.22. The van der Waals surface area contributed by atoms with Crippen LogP contribution in [0.1, 0.15) is 5.56 Å². The molecule has 0 unspecified atom stereocenters. The summed E-state index contributed by atoms with van der Waals surface area (Å²) in [6, 6.07) is 1.47. The van der Waals surface area contributed by atoms with Gasteiger partial charge in [0.1, 0.15) is 11.5 Å². The number of hydrogen-bond acceptors (Lipinski definition) is 3. The number of hydrogen-bond donors (Lipinski definition) is 2. The van der Waals surface area contributed by atoms with Crippen molar-refractivity contribution in [2.45, 2.75) is 6.92 Å². The van der Waals surface area contributed by atoms with Crippen molar-refractivity contribution < 1.29 is 0 Å². The Bertz CT molecular complexity index is 553. The molecule has 0 atom stereocenters. The zero-order valence-corrected chi connectivity index (χ0v) is 8.61. The van der Waals surface area contributed by atoms with Crippen LogP contribution in [-0.2, 0) is 7.05 Å². The molecule has 2 aromatic rings. The van der Waals surface area contributed by atoms with Gasteiger partial charge in [0, 0.05) is 31.1 Å². The second-order valence-electron chi connectivity index (χ2n) is 3.40. The van der Waals surface area contributed by atoms with Crippen LogP contribution in [0.5, 0.6) is 0 Å². The number of aromatic amines is 1. The van der Waals surface area contributed by atoms with E-state index in [0.29, 0.717) is 17.1 Å². The number of nitrogen functional groups attached to an aromatic ring is 1. The van der Waals surface area contributed by atoms with Gasteiger partial charge in [0.05, 0.1) is 5.56 Å². The van der Waals surface area contributed by atoms with E-state index in [1.54, 1.807) is 24.1 Å². The molecular formula is C10H12N4O. The first-order chi connectivity index (χ1) is 7.11. The monoisotopic (exact) mass is 204 g/mol. The van der Waals surface area contributed by atoms with Crippen molar-refractivity contribution in [3.05, 3.63) is 34.2 Å². The van der Waals surface area contributed by atoms with Crippen molar-refractivity contribution >= 4 is 5.82 Å². The molecule has 0 saturated carbocycles. The number of anilines is 1. The number of pyridine rings is 1. The highest BCUT2D eigenvalue weighted by atomic mass is 16.1. The lowest BCUT2D eigenvalue weighted by atomic mass is 10.1. The number of rotatable bonds is 1. The highest BCUT2D eigenvalue weighted by Gasteiger charge is 2.13. The summed E-state index contributed by atoms with van der Waals surface area (Å²) in [4.78, 5) is 14.4. The zero-order chi connectivity index (χ0) is 11.0. The van der Waals surface area contributed by atoms with Crippen LogP contribution < -0.4 is 11.2 Å². The lowest BCUT2D eigenvalue weighted by Crippen LogP contribution is -2.04. The molecule has 5 nitrogen and oxygen atoms in total. The normalized spacial score (nSPS) is 10.5. The minimum absolute atomic E-state index is 0.0602. The smallest absolute Gasteiger partial charge is 0.191 e. The summed E-state index contributed by atoms with van der Waals surface area (Å²) < 4.78 is 1.57. The average molecular weight is 204 g/mol. The van der Waals surface area contributed by atoms with E-state index in [1.807, 2.05) is 6.92 Å². The summed E-state index contributed by atoms with van der Waals surface area (Å²) in [6.07, 6.45) is 3.23. The molecule has 0 spiro atoms. The molecule has 2 rings (SSSR count). The minimum Gasteiger partial charge on any atom is -0.384 e. The molecule has 0 aliphatic heterocycles.